The number of nitriles is 1. The summed E-state index contributed by atoms with van der Waals surface area (Å²) in [5, 5.41) is 22.9. The molecule has 0 bridgehead atoms. The number of hydrogen-bond donors (Lipinski definition) is 2. The normalized spacial score (nSPS) is 17.7. The summed E-state index contributed by atoms with van der Waals surface area (Å²) < 4.78 is 5.63. The number of amides is 1. The second-order valence-corrected chi connectivity index (χ2v) is 7.02. The van der Waals surface area contributed by atoms with Gasteiger partial charge in [-0.05, 0) is 45.8 Å². The molecule has 122 valence electrons. The molecule has 0 fully saturated rings. The molecular weight excluding hydrogens is 380 g/mol. The van der Waals surface area contributed by atoms with Gasteiger partial charge < -0.3 is 15.2 Å². The zero-order valence-electron chi connectivity index (χ0n) is 12.9. The van der Waals surface area contributed by atoms with Gasteiger partial charge in [0.1, 0.15) is 0 Å². The summed E-state index contributed by atoms with van der Waals surface area (Å²) in [7, 11) is 1.46. The summed E-state index contributed by atoms with van der Waals surface area (Å²) in [4.78, 5) is 12.0. The van der Waals surface area contributed by atoms with Crippen molar-refractivity contribution in [3.05, 3.63) is 32.8 Å². The predicted molar refractivity (Wildman–Crippen MR) is 93.2 cm³/mol. The molecule has 23 heavy (non-hydrogen) atoms. The van der Waals surface area contributed by atoms with Gasteiger partial charge in [0.05, 0.1) is 28.3 Å². The average molecular weight is 397 g/mol. The van der Waals surface area contributed by atoms with Crippen LogP contribution in [0.15, 0.2) is 27.2 Å². The molecule has 0 saturated carbocycles. The van der Waals surface area contributed by atoms with Gasteiger partial charge in [-0.2, -0.15) is 5.26 Å². The topological polar surface area (TPSA) is 82.3 Å². The number of aromatic hydroxyl groups is 1. The predicted octanol–water partition coefficient (Wildman–Crippen LogP) is 3.65. The van der Waals surface area contributed by atoms with E-state index in [1.807, 2.05) is 6.92 Å². The highest BCUT2D eigenvalue weighted by Gasteiger charge is 2.30. The molecular formula is C16H17BrN2O3S. The minimum absolute atomic E-state index is 0.000389. The lowest BCUT2D eigenvalue weighted by atomic mass is 9.87. The molecule has 1 aromatic carbocycles. The molecule has 1 aliphatic rings. The molecule has 0 spiro atoms. The van der Waals surface area contributed by atoms with Crippen LogP contribution >= 0.6 is 27.7 Å². The quantitative estimate of drug-likeness (QED) is 0.793. The molecule has 7 heteroatoms. The van der Waals surface area contributed by atoms with Crippen molar-refractivity contribution >= 4 is 33.6 Å². The molecule has 1 aliphatic heterocycles. The third-order valence-corrected chi connectivity index (χ3v) is 5.31. The number of carbonyl (C=O) groups is 1. The Morgan fingerprint density at radius 2 is 2.30 bits per heavy atom. The molecule has 5 nitrogen and oxygen atoms in total. The van der Waals surface area contributed by atoms with E-state index in [1.54, 1.807) is 12.1 Å². The maximum Gasteiger partial charge on any atom is 0.225 e. The second kappa shape index (κ2) is 7.75. The highest BCUT2D eigenvalue weighted by Crippen LogP contribution is 2.42. The van der Waals surface area contributed by atoms with Crippen molar-refractivity contribution in [3.63, 3.8) is 0 Å². The Balaban J connectivity index is 2.50. The van der Waals surface area contributed by atoms with E-state index in [2.05, 4.69) is 27.3 Å². The Labute approximate surface area is 147 Å². The fourth-order valence-corrected chi connectivity index (χ4v) is 3.77. The Morgan fingerprint density at radius 1 is 1.57 bits per heavy atom. The van der Waals surface area contributed by atoms with Crippen LogP contribution < -0.4 is 10.1 Å². The fraction of sp³-hybridized carbons (Fsp3) is 0.375. The van der Waals surface area contributed by atoms with Gasteiger partial charge in [-0.15, -0.1) is 11.8 Å². The number of rotatable bonds is 5. The number of benzene rings is 1. The summed E-state index contributed by atoms with van der Waals surface area (Å²) in [6.07, 6.45) is 1.14. The average Bonchev–Trinajstić information content (AvgIpc) is 2.54. The van der Waals surface area contributed by atoms with E-state index >= 15 is 0 Å². The number of thioether (sulfide) groups is 1. The molecule has 0 unspecified atom stereocenters. The van der Waals surface area contributed by atoms with Crippen LogP contribution in [0.4, 0.5) is 0 Å². The third-order valence-electron chi connectivity index (χ3n) is 3.48. The number of halogens is 1. The first kappa shape index (κ1) is 17.7. The number of phenolic OH excluding ortho intramolecular Hbond substituents is 1. The summed E-state index contributed by atoms with van der Waals surface area (Å²) in [5.74, 6) is 0.672. The van der Waals surface area contributed by atoms with E-state index in [0.29, 0.717) is 20.8 Å². The number of ether oxygens (including phenoxy) is 1. The van der Waals surface area contributed by atoms with Gasteiger partial charge >= 0.3 is 0 Å². The monoisotopic (exact) mass is 396 g/mol. The molecule has 0 saturated heterocycles. The van der Waals surface area contributed by atoms with Crippen molar-refractivity contribution in [3.8, 4) is 17.6 Å². The SMILES string of the molecule is CCCSC1=C(C#N)[C@@H](c2cc(Br)c(O)c(OC)c2)CC(=O)N1. The standard InChI is InChI=1S/C16H17BrN2O3S/c1-3-4-23-16-11(8-18)10(7-14(20)19-16)9-5-12(17)15(21)13(6-9)22-2/h5-6,10,21H,3-4,7H2,1-2H3,(H,19,20)/t10-/m1/s1. The van der Waals surface area contributed by atoms with Gasteiger partial charge in [0.15, 0.2) is 11.5 Å². The zero-order chi connectivity index (χ0) is 17.0. The smallest absolute Gasteiger partial charge is 0.225 e. The summed E-state index contributed by atoms with van der Waals surface area (Å²) in [6.45, 7) is 2.05. The zero-order valence-corrected chi connectivity index (χ0v) is 15.3. The molecule has 1 amide bonds. The first-order valence-corrected chi connectivity index (χ1v) is 8.93. The third kappa shape index (κ3) is 3.82. The molecule has 0 aliphatic carbocycles. The maximum absolute atomic E-state index is 12.0. The maximum atomic E-state index is 12.0. The Kier molecular flexibility index (Phi) is 5.97. The highest BCUT2D eigenvalue weighted by atomic mass is 79.9. The van der Waals surface area contributed by atoms with E-state index in [0.717, 1.165) is 17.7 Å². The van der Waals surface area contributed by atoms with E-state index < -0.39 is 0 Å². The molecule has 1 aromatic rings. The van der Waals surface area contributed by atoms with Gasteiger partial charge in [-0.3, -0.25) is 4.79 Å². The van der Waals surface area contributed by atoms with Crippen molar-refractivity contribution in [2.24, 2.45) is 0 Å². The summed E-state index contributed by atoms with van der Waals surface area (Å²) in [5.41, 5.74) is 1.30. The number of nitrogens with one attached hydrogen (secondary N) is 1. The van der Waals surface area contributed by atoms with Crippen LogP contribution in [0.3, 0.4) is 0 Å². The fourth-order valence-electron chi connectivity index (χ4n) is 2.37. The number of nitrogens with zero attached hydrogens (tertiary/aromatic N) is 1. The van der Waals surface area contributed by atoms with Crippen LogP contribution in [0.1, 0.15) is 31.2 Å². The van der Waals surface area contributed by atoms with Gasteiger partial charge in [0.25, 0.3) is 0 Å². The highest BCUT2D eigenvalue weighted by molar-refractivity contribution is 9.10. The molecule has 0 aromatic heterocycles. The summed E-state index contributed by atoms with van der Waals surface area (Å²) in [6, 6.07) is 5.62. The van der Waals surface area contributed by atoms with E-state index in [4.69, 9.17) is 4.74 Å². The molecule has 1 heterocycles. The number of allylic oxidation sites excluding steroid dienone is 1. The van der Waals surface area contributed by atoms with Gasteiger partial charge in [-0.1, -0.05) is 6.92 Å². The van der Waals surface area contributed by atoms with E-state index in [1.165, 1.54) is 18.9 Å². The van der Waals surface area contributed by atoms with Gasteiger partial charge in [0.2, 0.25) is 5.91 Å². The van der Waals surface area contributed by atoms with Gasteiger partial charge in [-0.25, -0.2) is 0 Å². The first-order valence-electron chi connectivity index (χ1n) is 7.15. The Morgan fingerprint density at radius 3 is 2.91 bits per heavy atom. The first-order chi connectivity index (χ1) is 11.0. The lowest BCUT2D eigenvalue weighted by Crippen LogP contribution is -2.31. The lowest BCUT2D eigenvalue weighted by Gasteiger charge is -2.25. The van der Waals surface area contributed by atoms with Crippen LogP contribution in [0.5, 0.6) is 11.5 Å². The number of carbonyl (C=O) groups excluding carboxylic acids is 1. The largest absolute Gasteiger partial charge is 0.503 e. The van der Waals surface area contributed by atoms with Gasteiger partial charge in [0, 0.05) is 12.3 Å². The number of hydrogen-bond acceptors (Lipinski definition) is 5. The van der Waals surface area contributed by atoms with Crippen LogP contribution in [-0.4, -0.2) is 23.9 Å². The second-order valence-electron chi connectivity index (χ2n) is 5.06. The lowest BCUT2D eigenvalue weighted by molar-refractivity contribution is -0.120. The molecule has 2 N–H and O–H groups in total. The Bertz CT molecular complexity index is 697. The van der Waals surface area contributed by atoms with Crippen molar-refractivity contribution in [1.29, 1.82) is 5.26 Å². The number of phenols is 1. The van der Waals surface area contributed by atoms with Crippen molar-refractivity contribution < 1.29 is 14.6 Å². The molecule has 1 atom stereocenters. The molecule has 2 rings (SSSR count). The van der Waals surface area contributed by atoms with Crippen molar-refractivity contribution in [2.75, 3.05) is 12.9 Å². The molecule has 0 radical (unpaired) electrons. The minimum atomic E-state index is -0.348. The number of methoxy groups -OCH3 is 1. The van der Waals surface area contributed by atoms with Crippen molar-refractivity contribution in [1.82, 2.24) is 5.32 Å². The minimum Gasteiger partial charge on any atom is -0.503 e. The van der Waals surface area contributed by atoms with Crippen LogP contribution in [0, 0.1) is 11.3 Å². The van der Waals surface area contributed by atoms with Crippen molar-refractivity contribution in [2.45, 2.75) is 25.7 Å². The van der Waals surface area contributed by atoms with Crippen LogP contribution in [0.2, 0.25) is 0 Å². The van der Waals surface area contributed by atoms with E-state index in [9.17, 15) is 15.2 Å². The van der Waals surface area contributed by atoms with Crippen LogP contribution in [-0.2, 0) is 4.79 Å². The van der Waals surface area contributed by atoms with E-state index in [-0.39, 0.29) is 24.0 Å². The Hall–Kier alpha value is -1.65. The van der Waals surface area contributed by atoms with Crippen LogP contribution in [0.25, 0.3) is 0 Å². The summed E-state index contributed by atoms with van der Waals surface area (Å²) >= 11 is 4.77.